The van der Waals surface area contributed by atoms with Crippen LogP contribution in [-0.4, -0.2) is 0 Å². The number of allylic oxidation sites excluding steroid dienone is 1. The third-order valence-electron chi connectivity index (χ3n) is 7.48. The number of hydrogen-bond donors (Lipinski definition) is 0. The summed E-state index contributed by atoms with van der Waals surface area (Å²) < 4.78 is 64.1. The molecule has 2 saturated carbocycles. The van der Waals surface area contributed by atoms with Crippen LogP contribution in [0.3, 0.4) is 0 Å². The molecule has 0 heterocycles. The van der Waals surface area contributed by atoms with E-state index in [1.807, 2.05) is 0 Å². The van der Waals surface area contributed by atoms with Gasteiger partial charge >= 0.3 is 10.2 Å². The minimum atomic E-state index is -9.58. The molecule has 0 atom stereocenters. The molecule has 2 fully saturated rings. The Balaban J connectivity index is 1.43. The van der Waals surface area contributed by atoms with Gasteiger partial charge in [0.2, 0.25) is 0 Å². The van der Waals surface area contributed by atoms with E-state index in [9.17, 15) is 19.4 Å². The lowest BCUT2D eigenvalue weighted by atomic mass is 9.68. The topological polar surface area (TPSA) is 0 Å². The molecule has 0 unspecified atom stereocenters. The molecule has 0 saturated heterocycles. The van der Waals surface area contributed by atoms with E-state index < -0.39 is 15.1 Å². The Labute approximate surface area is 184 Å². The molecule has 1 aromatic rings. The fraction of sp³-hybridized carbons (Fsp3) is 0.680. The highest BCUT2D eigenvalue weighted by Crippen LogP contribution is 3.02. The first-order chi connectivity index (χ1) is 14.4. The van der Waals surface area contributed by atoms with Crippen molar-refractivity contribution in [1.29, 1.82) is 0 Å². The summed E-state index contributed by atoms with van der Waals surface area (Å²) in [5.41, 5.74) is 0.536. The van der Waals surface area contributed by atoms with Crippen molar-refractivity contribution >= 4 is 16.3 Å². The summed E-state index contributed by atoms with van der Waals surface area (Å²) in [6, 6.07) is 3.26. The summed E-state index contributed by atoms with van der Waals surface area (Å²) >= 11 is 0. The Bertz CT molecular complexity index is 722. The van der Waals surface area contributed by atoms with E-state index in [1.54, 1.807) is 6.08 Å². The largest absolute Gasteiger partial charge is 0.310 e. The number of unbranched alkanes of at least 4 members (excludes halogenated alkanes) is 2. The molecule has 0 nitrogen and oxygen atoms in total. The summed E-state index contributed by atoms with van der Waals surface area (Å²) in [5.74, 6) is 3.05. The fourth-order valence-corrected chi connectivity index (χ4v) is 6.17. The molecule has 178 valence electrons. The molecule has 0 N–H and O–H groups in total. The quantitative estimate of drug-likeness (QED) is 0.265. The highest BCUT2D eigenvalue weighted by atomic mass is 32.5. The Hall–Kier alpha value is -1.04. The smallest absolute Gasteiger partial charge is 0.0936 e. The van der Waals surface area contributed by atoms with Gasteiger partial charge in [-0.3, -0.25) is 0 Å². The van der Waals surface area contributed by atoms with Gasteiger partial charge < -0.3 is 0 Å². The van der Waals surface area contributed by atoms with Crippen molar-refractivity contribution in [1.82, 2.24) is 0 Å². The molecule has 6 heteroatoms. The molecular weight excluding hydrogens is 427 g/mol. The van der Waals surface area contributed by atoms with Crippen LogP contribution in [0.1, 0.15) is 89.5 Å². The van der Waals surface area contributed by atoms with Crippen molar-refractivity contribution in [3.8, 4) is 0 Å². The second-order valence-corrected chi connectivity index (χ2v) is 12.3. The van der Waals surface area contributed by atoms with Crippen LogP contribution < -0.4 is 0 Å². The monoisotopic (exact) mass is 464 g/mol. The lowest BCUT2D eigenvalue weighted by Crippen LogP contribution is -2.25. The maximum Gasteiger partial charge on any atom is 0.310 e. The minimum absolute atomic E-state index is 0.428. The van der Waals surface area contributed by atoms with Gasteiger partial charge in [0.25, 0.3) is 0 Å². The van der Waals surface area contributed by atoms with Gasteiger partial charge in [0, 0.05) is 0 Å². The van der Waals surface area contributed by atoms with Crippen LogP contribution >= 0.6 is 10.2 Å². The highest BCUT2D eigenvalue weighted by Gasteiger charge is 2.65. The van der Waals surface area contributed by atoms with Crippen molar-refractivity contribution in [3.05, 3.63) is 35.9 Å². The van der Waals surface area contributed by atoms with Crippen molar-refractivity contribution in [2.24, 2.45) is 23.7 Å². The average Bonchev–Trinajstić information content (AvgIpc) is 2.72. The standard InChI is InChI=1S/C25H37F5S/c1-2-3-4-5-20-8-14-23(15-9-20)24-16-10-21(11-17-24)6-7-22-12-18-25(19-13-22)31(26,27,28,29)30/h6-7,12-13,18-21,23-24H,2-5,8-11,14-17H2,1H3/b7-6+. The lowest BCUT2D eigenvalue weighted by Gasteiger charge is -2.40. The third-order valence-corrected chi connectivity index (χ3v) is 8.64. The van der Waals surface area contributed by atoms with Gasteiger partial charge in [-0.05, 0) is 79.9 Å². The molecule has 1 aromatic carbocycles. The summed E-state index contributed by atoms with van der Waals surface area (Å²) in [4.78, 5) is -1.82. The molecule has 2 aliphatic rings. The first-order valence-corrected chi connectivity index (χ1v) is 13.9. The number of hydrogen-bond acceptors (Lipinski definition) is 0. The predicted molar refractivity (Wildman–Crippen MR) is 122 cm³/mol. The number of benzene rings is 1. The third kappa shape index (κ3) is 7.50. The zero-order valence-corrected chi connectivity index (χ0v) is 19.4. The SMILES string of the molecule is CCCCCC1CCC(C2CCC(/C=C/c3ccc(S(F)(F)(F)(F)F)cc3)CC2)CC1. The molecule has 3 rings (SSSR count). The molecular formula is C25H37F5S. The Morgan fingerprint density at radius 1 is 0.774 bits per heavy atom. The van der Waals surface area contributed by atoms with Gasteiger partial charge in [-0.25, -0.2) is 0 Å². The van der Waals surface area contributed by atoms with Crippen LogP contribution in [0, 0.1) is 23.7 Å². The van der Waals surface area contributed by atoms with Crippen molar-refractivity contribution in [3.63, 3.8) is 0 Å². The summed E-state index contributed by atoms with van der Waals surface area (Å²) in [6.07, 6.45) is 19.5. The molecule has 0 aromatic heterocycles. The average molecular weight is 465 g/mol. The second-order valence-electron chi connectivity index (χ2n) is 9.85. The van der Waals surface area contributed by atoms with Crippen molar-refractivity contribution < 1.29 is 19.4 Å². The van der Waals surface area contributed by atoms with Gasteiger partial charge in [-0.15, -0.1) is 0 Å². The molecule has 31 heavy (non-hydrogen) atoms. The van der Waals surface area contributed by atoms with E-state index in [1.165, 1.54) is 64.2 Å². The normalized spacial score (nSPS) is 30.1. The minimum Gasteiger partial charge on any atom is -0.0936 e. The molecule has 0 aliphatic heterocycles. The van der Waals surface area contributed by atoms with Gasteiger partial charge in [0.1, 0.15) is 4.90 Å². The molecule has 0 radical (unpaired) electrons. The first-order valence-electron chi connectivity index (χ1n) is 12.0. The fourth-order valence-electron chi connectivity index (χ4n) is 5.52. The summed E-state index contributed by atoms with van der Waals surface area (Å²) in [6.45, 7) is 2.26. The van der Waals surface area contributed by atoms with Crippen LogP contribution in [0.2, 0.25) is 0 Å². The van der Waals surface area contributed by atoms with E-state index in [0.29, 0.717) is 23.6 Å². The second kappa shape index (κ2) is 9.07. The van der Waals surface area contributed by atoms with E-state index in [2.05, 4.69) is 13.0 Å². The lowest BCUT2D eigenvalue weighted by molar-refractivity contribution is 0.151. The maximum atomic E-state index is 12.8. The highest BCUT2D eigenvalue weighted by molar-refractivity contribution is 8.45. The summed E-state index contributed by atoms with van der Waals surface area (Å²) in [7, 11) is -9.58. The van der Waals surface area contributed by atoms with Gasteiger partial charge in [-0.1, -0.05) is 89.2 Å². The zero-order valence-electron chi connectivity index (χ0n) is 18.6. The van der Waals surface area contributed by atoms with E-state index >= 15 is 0 Å². The van der Waals surface area contributed by atoms with E-state index in [0.717, 1.165) is 42.7 Å². The molecule has 0 spiro atoms. The number of rotatable bonds is 8. The van der Waals surface area contributed by atoms with Crippen LogP contribution in [0.4, 0.5) is 19.4 Å². The van der Waals surface area contributed by atoms with E-state index in [4.69, 9.17) is 0 Å². The van der Waals surface area contributed by atoms with Crippen LogP contribution in [0.25, 0.3) is 6.08 Å². The Morgan fingerprint density at radius 3 is 1.84 bits per heavy atom. The van der Waals surface area contributed by atoms with Gasteiger partial charge in [-0.2, -0.15) is 0 Å². The molecule has 2 aliphatic carbocycles. The van der Waals surface area contributed by atoms with Crippen LogP contribution in [0.15, 0.2) is 35.2 Å². The van der Waals surface area contributed by atoms with Gasteiger partial charge in [0.05, 0.1) is 0 Å². The first kappa shape index (κ1) is 24.6. The zero-order chi connectivity index (χ0) is 22.6. The van der Waals surface area contributed by atoms with E-state index in [-0.39, 0.29) is 0 Å². The van der Waals surface area contributed by atoms with Crippen LogP contribution in [-0.2, 0) is 0 Å². The van der Waals surface area contributed by atoms with Crippen molar-refractivity contribution in [2.75, 3.05) is 0 Å². The van der Waals surface area contributed by atoms with Crippen LogP contribution in [0.5, 0.6) is 0 Å². The van der Waals surface area contributed by atoms with Crippen molar-refractivity contribution in [2.45, 2.75) is 88.9 Å². The number of halogens is 5. The summed E-state index contributed by atoms with van der Waals surface area (Å²) in [5, 5.41) is 0. The Kier molecular flexibility index (Phi) is 7.20. The molecule has 0 bridgehead atoms. The van der Waals surface area contributed by atoms with Gasteiger partial charge in [0.15, 0.2) is 0 Å². The predicted octanol–water partition coefficient (Wildman–Crippen LogP) is 10.6. The molecule has 0 amide bonds. The maximum absolute atomic E-state index is 12.8. The Morgan fingerprint density at radius 2 is 1.32 bits per heavy atom.